The Morgan fingerprint density at radius 3 is 3.00 bits per heavy atom. The first-order chi connectivity index (χ1) is 8.85. The van der Waals surface area contributed by atoms with Crippen LogP contribution in [0.1, 0.15) is 43.9 Å². The highest BCUT2D eigenvalue weighted by atomic mass is 16.3. The number of nitrogens with zero attached hydrogens (tertiary/aromatic N) is 2. The number of aliphatic hydroxyl groups excluding tert-OH is 1. The van der Waals surface area contributed by atoms with Crippen LogP contribution in [0.3, 0.4) is 0 Å². The van der Waals surface area contributed by atoms with Gasteiger partial charge in [-0.1, -0.05) is 13.3 Å². The fourth-order valence-electron chi connectivity index (χ4n) is 2.69. The van der Waals surface area contributed by atoms with E-state index >= 15 is 0 Å². The van der Waals surface area contributed by atoms with Crippen molar-refractivity contribution in [3.8, 4) is 0 Å². The largest absolute Gasteiger partial charge is 0.396 e. The molecule has 0 spiro atoms. The van der Waals surface area contributed by atoms with E-state index in [-0.39, 0.29) is 6.61 Å². The van der Waals surface area contributed by atoms with Crippen molar-refractivity contribution in [2.45, 2.75) is 45.4 Å². The molecule has 0 radical (unpaired) electrons. The summed E-state index contributed by atoms with van der Waals surface area (Å²) >= 11 is 0. The smallest absolute Gasteiger partial charge is 0.132 e. The molecule has 100 valence electrons. The van der Waals surface area contributed by atoms with Gasteiger partial charge < -0.3 is 10.4 Å². The van der Waals surface area contributed by atoms with Crippen molar-refractivity contribution in [3.63, 3.8) is 0 Å². The average molecular weight is 249 g/mol. The van der Waals surface area contributed by atoms with Gasteiger partial charge in [-0.3, -0.25) is 0 Å². The standard InChI is InChI=1S/C14H23N3O/c1-2-4-11(7-8-18)9-15-14-12-5-3-6-13(12)16-10-17-14/h10-11,18H,2-9H2,1H3,(H,15,16,17). The van der Waals surface area contributed by atoms with E-state index in [9.17, 15) is 0 Å². The Morgan fingerprint density at radius 1 is 1.33 bits per heavy atom. The summed E-state index contributed by atoms with van der Waals surface area (Å²) in [5, 5.41) is 12.5. The van der Waals surface area contributed by atoms with Crippen molar-refractivity contribution < 1.29 is 5.11 Å². The van der Waals surface area contributed by atoms with E-state index in [1.54, 1.807) is 6.33 Å². The lowest BCUT2D eigenvalue weighted by molar-refractivity contribution is 0.255. The molecule has 0 saturated carbocycles. The van der Waals surface area contributed by atoms with Gasteiger partial charge in [0.05, 0.1) is 0 Å². The Balaban J connectivity index is 1.95. The molecule has 4 heteroatoms. The molecule has 1 aromatic rings. The number of aliphatic hydroxyl groups is 1. The van der Waals surface area contributed by atoms with Crippen LogP contribution in [0.25, 0.3) is 0 Å². The zero-order valence-corrected chi connectivity index (χ0v) is 11.2. The molecule has 4 nitrogen and oxygen atoms in total. The molecule has 0 saturated heterocycles. The predicted molar refractivity (Wildman–Crippen MR) is 72.6 cm³/mol. The molecule has 1 heterocycles. The second kappa shape index (κ2) is 6.69. The van der Waals surface area contributed by atoms with Gasteiger partial charge in [-0.2, -0.15) is 0 Å². The zero-order chi connectivity index (χ0) is 12.8. The van der Waals surface area contributed by atoms with Gasteiger partial charge >= 0.3 is 0 Å². The van der Waals surface area contributed by atoms with Crippen molar-refractivity contribution in [1.82, 2.24) is 9.97 Å². The van der Waals surface area contributed by atoms with Gasteiger partial charge in [0, 0.05) is 24.4 Å². The molecule has 0 aliphatic heterocycles. The van der Waals surface area contributed by atoms with Crippen LogP contribution in [-0.2, 0) is 12.8 Å². The monoisotopic (exact) mass is 249 g/mol. The quantitative estimate of drug-likeness (QED) is 0.777. The molecule has 1 aliphatic carbocycles. The lowest BCUT2D eigenvalue weighted by atomic mass is 10.0. The van der Waals surface area contributed by atoms with Crippen molar-refractivity contribution in [2.24, 2.45) is 5.92 Å². The highest BCUT2D eigenvalue weighted by Gasteiger charge is 2.17. The number of anilines is 1. The number of fused-ring (bicyclic) bond motifs is 1. The zero-order valence-electron chi connectivity index (χ0n) is 11.2. The Hall–Kier alpha value is -1.16. The summed E-state index contributed by atoms with van der Waals surface area (Å²) in [5.41, 5.74) is 2.51. The number of hydrogen-bond acceptors (Lipinski definition) is 4. The molecule has 0 fully saturated rings. The molecule has 2 rings (SSSR count). The van der Waals surface area contributed by atoms with E-state index < -0.39 is 0 Å². The van der Waals surface area contributed by atoms with Crippen LogP contribution in [0.15, 0.2) is 6.33 Å². The van der Waals surface area contributed by atoms with Gasteiger partial charge in [-0.15, -0.1) is 0 Å². The first kappa shape index (κ1) is 13.3. The molecule has 1 unspecified atom stereocenters. The number of aromatic nitrogens is 2. The minimum atomic E-state index is 0.272. The maximum Gasteiger partial charge on any atom is 0.132 e. The SMILES string of the molecule is CCCC(CCO)CNc1ncnc2c1CCC2. The maximum absolute atomic E-state index is 9.06. The molecule has 0 amide bonds. The fraction of sp³-hybridized carbons (Fsp3) is 0.714. The van der Waals surface area contributed by atoms with Crippen molar-refractivity contribution >= 4 is 5.82 Å². The highest BCUT2D eigenvalue weighted by molar-refractivity contribution is 5.47. The van der Waals surface area contributed by atoms with Crippen LogP contribution in [0, 0.1) is 5.92 Å². The van der Waals surface area contributed by atoms with Crippen LogP contribution >= 0.6 is 0 Å². The summed E-state index contributed by atoms with van der Waals surface area (Å²) in [6.07, 6.45) is 8.22. The predicted octanol–water partition coefficient (Wildman–Crippen LogP) is 2.18. The van der Waals surface area contributed by atoms with Crippen LogP contribution in [0.2, 0.25) is 0 Å². The first-order valence-electron chi connectivity index (χ1n) is 7.02. The average Bonchev–Trinajstić information content (AvgIpc) is 2.85. The topological polar surface area (TPSA) is 58.0 Å². The Labute approximate surface area is 109 Å². The van der Waals surface area contributed by atoms with Gasteiger partial charge in [-0.25, -0.2) is 9.97 Å². The molecule has 1 aromatic heterocycles. The lowest BCUT2D eigenvalue weighted by Crippen LogP contribution is -2.17. The van der Waals surface area contributed by atoms with Gasteiger partial charge in [0.15, 0.2) is 0 Å². The van der Waals surface area contributed by atoms with E-state index in [0.29, 0.717) is 5.92 Å². The second-order valence-electron chi connectivity index (χ2n) is 5.05. The number of rotatable bonds is 7. The number of nitrogens with one attached hydrogen (secondary N) is 1. The minimum absolute atomic E-state index is 0.272. The van der Waals surface area contributed by atoms with E-state index in [0.717, 1.165) is 44.5 Å². The van der Waals surface area contributed by atoms with Crippen molar-refractivity contribution in [1.29, 1.82) is 0 Å². The van der Waals surface area contributed by atoms with E-state index in [1.807, 2.05) is 0 Å². The lowest BCUT2D eigenvalue weighted by Gasteiger charge is -2.17. The van der Waals surface area contributed by atoms with E-state index in [2.05, 4.69) is 22.2 Å². The van der Waals surface area contributed by atoms with Crippen LogP contribution in [0.5, 0.6) is 0 Å². The molecule has 18 heavy (non-hydrogen) atoms. The van der Waals surface area contributed by atoms with Crippen LogP contribution in [-0.4, -0.2) is 28.2 Å². The van der Waals surface area contributed by atoms with Gasteiger partial charge in [0.25, 0.3) is 0 Å². The summed E-state index contributed by atoms with van der Waals surface area (Å²) in [4.78, 5) is 8.69. The van der Waals surface area contributed by atoms with Gasteiger partial charge in [0.1, 0.15) is 12.1 Å². The van der Waals surface area contributed by atoms with Gasteiger partial charge in [-0.05, 0) is 38.0 Å². The molecule has 1 atom stereocenters. The van der Waals surface area contributed by atoms with Gasteiger partial charge in [0.2, 0.25) is 0 Å². The molecule has 0 aromatic carbocycles. The molecular formula is C14H23N3O. The normalized spacial score (nSPS) is 15.4. The van der Waals surface area contributed by atoms with Crippen molar-refractivity contribution in [2.75, 3.05) is 18.5 Å². The molecular weight excluding hydrogens is 226 g/mol. The van der Waals surface area contributed by atoms with Crippen LogP contribution in [0.4, 0.5) is 5.82 Å². The Kier molecular flexibility index (Phi) is 4.93. The summed E-state index contributed by atoms with van der Waals surface area (Å²) in [5.74, 6) is 1.54. The summed E-state index contributed by atoms with van der Waals surface area (Å²) in [6.45, 7) is 3.36. The highest BCUT2D eigenvalue weighted by Crippen LogP contribution is 2.25. The third-order valence-corrected chi connectivity index (χ3v) is 3.67. The molecule has 2 N–H and O–H groups in total. The minimum Gasteiger partial charge on any atom is -0.396 e. The van der Waals surface area contributed by atoms with Crippen molar-refractivity contribution in [3.05, 3.63) is 17.6 Å². The Bertz CT molecular complexity index is 375. The summed E-state index contributed by atoms with van der Waals surface area (Å²) < 4.78 is 0. The third-order valence-electron chi connectivity index (χ3n) is 3.67. The van der Waals surface area contributed by atoms with E-state index in [1.165, 1.54) is 17.7 Å². The van der Waals surface area contributed by atoms with E-state index in [4.69, 9.17) is 5.11 Å². The first-order valence-corrected chi connectivity index (χ1v) is 7.02. The maximum atomic E-state index is 9.06. The molecule has 0 bridgehead atoms. The molecule has 1 aliphatic rings. The second-order valence-corrected chi connectivity index (χ2v) is 5.05. The number of aryl methyl sites for hydroxylation is 1. The van der Waals surface area contributed by atoms with Crippen LogP contribution < -0.4 is 5.32 Å². The fourth-order valence-corrected chi connectivity index (χ4v) is 2.69. The third kappa shape index (κ3) is 3.19. The number of hydrogen-bond donors (Lipinski definition) is 2. The summed E-state index contributed by atoms with van der Waals surface area (Å²) in [7, 11) is 0. The summed E-state index contributed by atoms with van der Waals surface area (Å²) in [6, 6.07) is 0. The Morgan fingerprint density at radius 2 is 2.22 bits per heavy atom.